The maximum absolute atomic E-state index is 12.5. The lowest BCUT2D eigenvalue weighted by Crippen LogP contribution is -2.36. The second-order valence-electron chi connectivity index (χ2n) is 5.91. The molecule has 1 aromatic carbocycles. The van der Waals surface area contributed by atoms with Gasteiger partial charge in [0.2, 0.25) is 21.8 Å². The van der Waals surface area contributed by atoms with Crippen LogP contribution in [0.4, 0.5) is 0 Å². The van der Waals surface area contributed by atoms with E-state index in [1.807, 2.05) is 6.92 Å². The summed E-state index contributed by atoms with van der Waals surface area (Å²) in [7, 11) is -0.361. The topological polar surface area (TPSA) is 101 Å². The monoisotopic (exact) mass is 339 g/mol. The smallest absolute Gasteiger partial charge is 0.238 e. The van der Waals surface area contributed by atoms with Crippen molar-refractivity contribution in [3.8, 4) is 0 Å². The molecule has 2 amide bonds. The highest BCUT2D eigenvalue weighted by atomic mass is 32.2. The van der Waals surface area contributed by atoms with Crippen molar-refractivity contribution < 1.29 is 18.0 Å². The quantitative estimate of drug-likeness (QED) is 0.854. The molecule has 1 saturated heterocycles. The number of likely N-dealkylation sites (tertiary alicyclic amines) is 1. The van der Waals surface area contributed by atoms with Gasteiger partial charge in [-0.25, -0.2) is 13.6 Å². The van der Waals surface area contributed by atoms with E-state index < -0.39 is 10.0 Å². The molecule has 0 unspecified atom stereocenters. The van der Waals surface area contributed by atoms with E-state index in [9.17, 15) is 18.0 Å². The molecule has 0 bridgehead atoms. The fourth-order valence-corrected chi connectivity index (χ4v) is 3.18. The number of carbonyl (C=O) groups is 2. The summed E-state index contributed by atoms with van der Waals surface area (Å²) in [4.78, 5) is 27.3. The minimum Gasteiger partial charge on any atom is -0.345 e. The Balaban J connectivity index is 2.11. The molecule has 7 nitrogen and oxygen atoms in total. The average molecular weight is 339 g/mol. The molecule has 1 aromatic rings. The zero-order valence-corrected chi connectivity index (χ0v) is 14.2. The van der Waals surface area contributed by atoms with Gasteiger partial charge in [0, 0.05) is 27.1 Å². The first-order valence-electron chi connectivity index (χ1n) is 7.24. The van der Waals surface area contributed by atoms with Gasteiger partial charge in [-0.15, -0.1) is 0 Å². The SMILES string of the molecule is C[C@@H](c1ccc(S(N)(=O)=O)cc1)N(C)C(=O)[C@H]1CC(=O)N(C)C1. The van der Waals surface area contributed by atoms with Crippen molar-refractivity contribution in [2.45, 2.75) is 24.3 Å². The number of primary sulfonamides is 1. The predicted molar refractivity (Wildman–Crippen MR) is 84.7 cm³/mol. The normalized spacial score (nSPS) is 19.7. The Labute approximate surface area is 136 Å². The van der Waals surface area contributed by atoms with Gasteiger partial charge in [0.1, 0.15) is 0 Å². The van der Waals surface area contributed by atoms with Crippen LogP contribution < -0.4 is 5.14 Å². The van der Waals surface area contributed by atoms with Crippen LogP contribution in [0.1, 0.15) is 24.9 Å². The maximum atomic E-state index is 12.5. The van der Waals surface area contributed by atoms with E-state index in [0.29, 0.717) is 6.54 Å². The lowest BCUT2D eigenvalue weighted by molar-refractivity contribution is -0.136. The van der Waals surface area contributed by atoms with E-state index in [1.165, 1.54) is 12.1 Å². The lowest BCUT2D eigenvalue weighted by atomic mass is 10.0. The van der Waals surface area contributed by atoms with Crippen LogP contribution in [-0.2, 0) is 19.6 Å². The molecule has 2 atom stereocenters. The number of sulfonamides is 1. The number of nitrogens with two attached hydrogens (primary N) is 1. The Hall–Kier alpha value is -1.93. The van der Waals surface area contributed by atoms with E-state index in [2.05, 4.69) is 0 Å². The Bertz CT molecular complexity index is 715. The predicted octanol–water partition coefficient (Wildman–Crippen LogP) is 0.332. The highest BCUT2D eigenvalue weighted by Crippen LogP contribution is 2.25. The summed E-state index contributed by atoms with van der Waals surface area (Å²) in [6.45, 7) is 2.28. The minimum absolute atomic E-state index is 0.0260. The van der Waals surface area contributed by atoms with Crippen LogP contribution in [0.2, 0.25) is 0 Å². The minimum atomic E-state index is -3.73. The number of hydrogen-bond donors (Lipinski definition) is 1. The fourth-order valence-electron chi connectivity index (χ4n) is 2.67. The largest absolute Gasteiger partial charge is 0.345 e. The third-order valence-electron chi connectivity index (χ3n) is 4.31. The standard InChI is InChI=1S/C15H21N3O4S/c1-10(11-4-6-13(7-5-11)23(16,21)22)18(3)15(20)12-8-14(19)17(2)9-12/h4-7,10,12H,8-9H2,1-3H3,(H2,16,21,22)/t10-,12-/m0/s1. The van der Waals surface area contributed by atoms with Crippen LogP contribution in [0.25, 0.3) is 0 Å². The van der Waals surface area contributed by atoms with E-state index in [4.69, 9.17) is 5.14 Å². The van der Waals surface area contributed by atoms with E-state index in [1.54, 1.807) is 36.0 Å². The number of nitrogens with zero attached hydrogens (tertiary/aromatic N) is 2. The van der Waals surface area contributed by atoms with Crippen molar-refractivity contribution in [1.82, 2.24) is 9.80 Å². The van der Waals surface area contributed by atoms with Gasteiger partial charge in [0.15, 0.2) is 0 Å². The van der Waals surface area contributed by atoms with Crippen LogP contribution in [-0.4, -0.2) is 50.7 Å². The van der Waals surface area contributed by atoms with Crippen molar-refractivity contribution in [3.63, 3.8) is 0 Å². The maximum Gasteiger partial charge on any atom is 0.238 e. The Morgan fingerprint density at radius 1 is 1.35 bits per heavy atom. The van der Waals surface area contributed by atoms with Crippen LogP contribution in [0, 0.1) is 5.92 Å². The van der Waals surface area contributed by atoms with Gasteiger partial charge in [-0.05, 0) is 24.6 Å². The van der Waals surface area contributed by atoms with Crippen LogP contribution in [0.15, 0.2) is 29.2 Å². The van der Waals surface area contributed by atoms with Gasteiger partial charge in [0.05, 0.1) is 16.9 Å². The molecule has 1 heterocycles. The molecule has 0 aliphatic carbocycles. The summed E-state index contributed by atoms with van der Waals surface area (Å²) in [5.41, 5.74) is 0.797. The number of amides is 2. The molecule has 8 heteroatoms. The van der Waals surface area contributed by atoms with E-state index in [0.717, 1.165) is 5.56 Å². The molecule has 2 N–H and O–H groups in total. The zero-order chi connectivity index (χ0) is 17.4. The van der Waals surface area contributed by atoms with Crippen molar-refractivity contribution in [2.24, 2.45) is 11.1 Å². The molecule has 1 aliphatic heterocycles. The first kappa shape index (κ1) is 17.4. The number of benzene rings is 1. The van der Waals surface area contributed by atoms with Gasteiger partial charge in [-0.2, -0.15) is 0 Å². The second-order valence-corrected chi connectivity index (χ2v) is 7.48. The van der Waals surface area contributed by atoms with Crippen LogP contribution >= 0.6 is 0 Å². The van der Waals surface area contributed by atoms with Crippen molar-refractivity contribution in [2.75, 3.05) is 20.6 Å². The van der Waals surface area contributed by atoms with Crippen molar-refractivity contribution >= 4 is 21.8 Å². The number of rotatable bonds is 4. The van der Waals surface area contributed by atoms with E-state index >= 15 is 0 Å². The summed E-state index contributed by atoms with van der Waals surface area (Å²) in [5, 5.41) is 5.07. The van der Waals surface area contributed by atoms with Gasteiger partial charge in [-0.3, -0.25) is 9.59 Å². The Morgan fingerprint density at radius 3 is 2.35 bits per heavy atom. The molecule has 0 saturated carbocycles. The van der Waals surface area contributed by atoms with Gasteiger partial charge in [-0.1, -0.05) is 12.1 Å². The molecule has 1 fully saturated rings. The van der Waals surface area contributed by atoms with Gasteiger partial charge >= 0.3 is 0 Å². The van der Waals surface area contributed by atoms with Crippen LogP contribution in [0.5, 0.6) is 0 Å². The fraction of sp³-hybridized carbons (Fsp3) is 0.467. The molecular formula is C15H21N3O4S. The summed E-state index contributed by atoms with van der Waals surface area (Å²) >= 11 is 0. The molecular weight excluding hydrogens is 318 g/mol. The van der Waals surface area contributed by atoms with Crippen LogP contribution in [0.3, 0.4) is 0 Å². The zero-order valence-electron chi connectivity index (χ0n) is 13.4. The first-order chi connectivity index (χ1) is 10.6. The Kier molecular flexibility index (Phi) is 4.76. The second kappa shape index (κ2) is 6.29. The molecule has 0 aromatic heterocycles. The third-order valence-corrected chi connectivity index (χ3v) is 5.24. The summed E-state index contributed by atoms with van der Waals surface area (Å²) < 4.78 is 22.5. The van der Waals surface area contributed by atoms with Crippen molar-refractivity contribution in [1.29, 1.82) is 0 Å². The first-order valence-corrected chi connectivity index (χ1v) is 8.79. The molecule has 0 spiro atoms. The lowest BCUT2D eigenvalue weighted by Gasteiger charge is -2.27. The summed E-state index contributed by atoms with van der Waals surface area (Å²) in [6.07, 6.45) is 0.233. The number of carbonyl (C=O) groups excluding carboxylic acids is 2. The molecule has 1 aliphatic rings. The third kappa shape index (κ3) is 3.70. The highest BCUT2D eigenvalue weighted by Gasteiger charge is 2.35. The molecule has 2 rings (SSSR count). The molecule has 0 radical (unpaired) electrons. The van der Waals surface area contributed by atoms with Gasteiger partial charge in [0.25, 0.3) is 0 Å². The molecule has 23 heavy (non-hydrogen) atoms. The Morgan fingerprint density at radius 2 is 1.91 bits per heavy atom. The molecule has 126 valence electrons. The number of hydrogen-bond acceptors (Lipinski definition) is 4. The summed E-state index contributed by atoms with van der Waals surface area (Å²) in [6, 6.07) is 5.89. The summed E-state index contributed by atoms with van der Waals surface area (Å²) in [5.74, 6) is -0.448. The van der Waals surface area contributed by atoms with E-state index in [-0.39, 0.29) is 35.1 Å². The average Bonchev–Trinajstić information content (AvgIpc) is 2.83. The van der Waals surface area contributed by atoms with Gasteiger partial charge < -0.3 is 9.80 Å². The van der Waals surface area contributed by atoms with Crippen molar-refractivity contribution in [3.05, 3.63) is 29.8 Å². The highest BCUT2D eigenvalue weighted by molar-refractivity contribution is 7.89.